The van der Waals surface area contributed by atoms with E-state index in [9.17, 15) is 4.79 Å². The molecule has 3 heterocycles. The zero-order chi connectivity index (χ0) is 22.2. The van der Waals surface area contributed by atoms with Gasteiger partial charge >= 0.3 is 0 Å². The van der Waals surface area contributed by atoms with Crippen LogP contribution in [0.1, 0.15) is 47.4 Å². The van der Waals surface area contributed by atoms with Gasteiger partial charge in [0.1, 0.15) is 0 Å². The van der Waals surface area contributed by atoms with Gasteiger partial charge in [0.15, 0.2) is 5.65 Å². The molecule has 1 aliphatic rings. The lowest BCUT2D eigenvalue weighted by Crippen LogP contribution is -2.30. The number of halogens is 1. The van der Waals surface area contributed by atoms with Crippen LogP contribution in [-0.4, -0.2) is 37.0 Å². The van der Waals surface area contributed by atoms with Gasteiger partial charge in [-0.25, -0.2) is 9.67 Å². The molecule has 1 aromatic carbocycles. The molecule has 164 valence electrons. The van der Waals surface area contributed by atoms with Crippen LogP contribution < -0.4 is 5.32 Å². The molecule has 4 aromatic rings. The fraction of sp³-hybridized carbons (Fsp3) is 0.333. The molecule has 3 aromatic heterocycles. The summed E-state index contributed by atoms with van der Waals surface area (Å²) in [5.41, 5.74) is 4.08. The molecule has 1 amide bonds. The van der Waals surface area contributed by atoms with Crippen molar-refractivity contribution in [1.29, 1.82) is 0 Å². The van der Waals surface area contributed by atoms with Crippen molar-refractivity contribution in [2.45, 2.75) is 39.2 Å². The SMILES string of the molecule is Cc1nn(-c2ccccc2)c2nc(C3CC3)cc(C(=O)NCC(C)Cn3cc(Cl)cn3)c12. The summed E-state index contributed by atoms with van der Waals surface area (Å²) in [6, 6.07) is 11.9. The average Bonchev–Trinajstić information content (AvgIpc) is 3.49. The number of nitrogens with zero attached hydrogens (tertiary/aromatic N) is 5. The topological polar surface area (TPSA) is 77.6 Å². The summed E-state index contributed by atoms with van der Waals surface area (Å²) in [5.74, 6) is 0.525. The number of fused-ring (bicyclic) bond motifs is 1. The number of aromatic nitrogens is 5. The van der Waals surface area contributed by atoms with E-state index in [0.717, 1.165) is 41.0 Å². The van der Waals surface area contributed by atoms with Crippen LogP contribution in [0.4, 0.5) is 0 Å². The number of pyridine rings is 1. The van der Waals surface area contributed by atoms with E-state index in [1.165, 1.54) is 0 Å². The van der Waals surface area contributed by atoms with Gasteiger partial charge in [0, 0.05) is 30.9 Å². The fourth-order valence-electron chi connectivity index (χ4n) is 4.01. The molecule has 0 radical (unpaired) electrons. The second-order valence-electron chi connectivity index (χ2n) is 8.60. The van der Waals surface area contributed by atoms with Crippen molar-refractivity contribution in [2.75, 3.05) is 6.54 Å². The number of carbonyl (C=O) groups is 1. The van der Waals surface area contributed by atoms with E-state index in [2.05, 4.69) is 17.3 Å². The zero-order valence-corrected chi connectivity index (χ0v) is 18.9. The predicted molar refractivity (Wildman–Crippen MR) is 124 cm³/mol. The van der Waals surface area contributed by atoms with Crippen LogP contribution in [0.2, 0.25) is 5.02 Å². The minimum atomic E-state index is -0.0969. The first-order valence-electron chi connectivity index (χ1n) is 10.9. The lowest BCUT2D eigenvalue weighted by Gasteiger charge is -2.14. The van der Waals surface area contributed by atoms with Crippen molar-refractivity contribution in [3.63, 3.8) is 0 Å². The Morgan fingerprint density at radius 1 is 1.28 bits per heavy atom. The molecule has 1 unspecified atom stereocenters. The van der Waals surface area contributed by atoms with Crippen molar-refractivity contribution >= 4 is 28.5 Å². The van der Waals surface area contributed by atoms with Gasteiger partial charge in [0.2, 0.25) is 0 Å². The van der Waals surface area contributed by atoms with Gasteiger partial charge in [-0.1, -0.05) is 36.7 Å². The molecular weight excluding hydrogens is 424 g/mol. The second kappa shape index (κ2) is 8.39. The summed E-state index contributed by atoms with van der Waals surface area (Å²) in [6.07, 6.45) is 5.63. The van der Waals surface area contributed by atoms with Gasteiger partial charge in [-0.3, -0.25) is 9.48 Å². The molecule has 0 aliphatic heterocycles. The third kappa shape index (κ3) is 4.12. The maximum absolute atomic E-state index is 13.3. The molecule has 8 heteroatoms. The maximum atomic E-state index is 13.3. The largest absolute Gasteiger partial charge is 0.352 e. The molecule has 1 aliphatic carbocycles. The highest BCUT2D eigenvalue weighted by Crippen LogP contribution is 2.40. The molecule has 1 atom stereocenters. The van der Waals surface area contributed by atoms with Crippen LogP contribution in [0.15, 0.2) is 48.8 Å². The van der Waals surface area contributed by atoms with Gasteiger partial charge in [-0.05, 0) is 43.9 Å². The monoisotopic (exact) mass is 448 g/mol. The Hall–Kier alpha value is -3.19. The molecule has 7 nitrogen and oxygen atoms in total. The summed E-state index contributed by atoms with van der Waals surface area (Å²) in [4.78, 5) is 18.2. The number of amides is 1. The summed E-state index contributed by atoms with van der Waals surface area (Å²) >= 11 is 5.95. The Balaban J connectivity index is 1.44. The Kier molecular flexibility index (Phi) is 5.43. The number of benzene rings is 1. The molecule has 0 bridgehead atoms. The molecule has 0 spiro atoms. The Morgan fingerprint density at radius 2 is 2.06 bits per heavy atom. The standard InChI is InChI=1S/C24H25ClN6O/c1-15(13-30-14-18(25)12-27-30)11-26-24(32)20-10-21(17-8-9-17)28-23-22(20)16(2)29-31(23)19-6-4-3-5-7-19/h3-7,10,12,14-15,17H,8-9,11,13H2,1-2H3,(H,26,32). The first-order chi connectivity index (χ1) is 15.5. The van der Waals surface area contributed by atoms with Crippen LogP contribution in [-0.2, 0) is 6.54 Å². The molecule has 1 N–H and O–H groups in total. The van der Waals surface area contributed by atoms with E-state index in [0.29, 0.717) is 29.6 Å². The number of para-hydroxylation sites is 1. The third-order valence-corrected chi connectivity index (χ3v) is 5.98. The number of rotatable bonds is 7. The van der Waals surface area contributed by atoms with E-state index in [1.807, 2.05) is 48.0 Å². The lowest BCUT2D eigenvalue weighted by atomic mass is 10.1. The minimum Gasteiger partial charge on any atom is -0.352 e. The average molecular weight is 449 g/mol. The third-order valence-electron chi connectivity index (χ3n) is 5.79. The first-order valence-corrected chi connectivity index (χ1v) is 11.3. The molecule has 1 saturated carbocycles. The van der Waals surface area contributed by atoms with E-state index < -0.39 is 0 Å². The highest BCUT2D eigenvalue weighted by atomic mass is 35.5. The molecule has 32 heavy (non-hydrogen) atoms. The summed E-state index contributed by atoms with van der Waals surface area (Å²) in [5, 5.41) is 13.5. The van der Waals surface area contributed by atoms with Crippen molar-refractivity contribution in [3.8, 4) is 5.69 Å². The van der Waals surface area contributed by atoms with Gasteiger partial charge < -0.3 is 5.32 Å². The van der Waals surface area contributed by atoms with Gasteiger partial charge in [-0.15, -0.1) is 0 Å². The van der Waals surface area contributed by atoms with Crippen molar-refractivity contribution in [3.05, 3.63) is 70.8 Å². The number of aryl methyl sites for hydroxylation is 1. The molecule has 1 fully saturated rings. The Morgan fingerprint density at radius 3 is 2.75 bits per heavy atom. The predicted octanol–water partition coefficient (Wildman–Crippen LogP) is 4.52. The maximum Gasteiger partial charge on any atom is 0.252 e. The van der Waals surface area contributed by atoms with Crippen molar-refractivity contribution < 1.29 is 4.79 Å². The first kappa shape index (κ1) is 20.7. The Bertz CT molecular complexity index is 1270. The van der Waals surface area contributed by atoms with Gasteiger partial charge in [0.05, 0.1) is 33.6 Å². The van der Waals surface area contributed by atoms with Crippen molar-refractivity contribution in [1.82, 2.24) is 29.9 Å². The number of nitrogens with one attached hydrogen (secondary N) is 1. The fourth-order valence-corrected chi connectivity index (χ4v) is 4.17. The molecular formula is C24H25ClN6O. The minimum absolute atomic E-state index is 0.0969. The second-order valence-corrected chi connectivity index (χ2v) is 9.03. The highest BCUT2D eigenvalue weighted by molar-refractivity contribution is 6.30. The number of hydrogen-bond acceptors (Lipinski definition) is 4. The van der Waals surface area contributed by atoms with Crippen LogP contribution in [0.25, 0.3) is 16.7 Å². The van der Waals surface area contributed by atoms with E-state index in [1.54, 1.807) is 17.1 Å². The summed E-state index contributed by atoms with van der Waals surface area (Å²) in [6.45, 7) is 5.22. The van der Waals surface area contributed by atoms with E-state index >= 15 is 0 Å². The van der Waals surface area contributed by atoms with Crippen LogP contribution >= 0.6 is 11.6 Å². The van der Waals surface area contributed by atoms with Crippen LogP contribution in [0.3, 0.4) is 0 Å². The highest BCUT2D eigenvalue weighted by Gasteiger charge is 2.29. The lowest BCUT2D eigenvalue weighted by molar-refractivity contribution is 0.0948. The van der Waals surface area contributed by atoms with Gasteiger partial charge in [0.25, 0.3) is 5.91 Å². The summed E-state index contributed by atoms with van der Waals surface area (Å²) < 4.78 is 3.64. The van der Waals surface area contributed by atoms with Crippen molar-refractivity contribution in [2.24, 2.45) is 5.92 Å². The van der Waals surface area contributed by atoms with Gasteiger partial charge in [-0.2, -0.15) is 10.2 Å². The molecule has 5 rings (SSSR count). The van der Waals surface area contributed by atoms with Crippen LogP contribution in [0.5, 0.6) is 0 Å². The quantitative estimate of drug-likeness (QED) is 0.450. The number of carbonyl (C=O) groups excluding carboxylic acids is 1. The smallest absolute Gasteiger partial charge is 0.252 e. The zero-order valence-electron chi connectivity index (χ0n) is 18.1. The Labute approximate surface area is 191 Å². The number of hydrogen-bond donors (Lipinski definition) is 1. The normalized spacial score (nSPS) is 14.6. The van der Waals surface area contributed by atoms with Crippen LogP contribution in [0, 0.1) is 12.8 Å². The summed E-state index contributed by atoms with van der Waals surface area (Å²) in [7, 11) is 0. The molecule has 0 saturated heterocycles. The van der Waals surface area contributed by atoms with E-state index in [4.69, 9.17) is 21.7 Å². The van der Waals surface area contributed by atoms with E-state index in [-0.39, 0.29) is 11.8 Å².